The second-order valence-corrected chi connectivity index (χ2v) is 6.81. The van der Waals surface area contributed by atoms with Crippen molar-refractivity contribution >= 4 is 0 Å². The van der Waals surface area contributed by atoms with Crippen LogP contribution in [0.3, 0.4) is 0 Å². The molecule has 0 radical (unpaired) electrons. The molecule has 2 rings (SSSR count). The Morgan fingerprint density at radius 3 is 2.22 bits per heavy atom. The lowest BCUT2D eigenvalue weighted by atomic mass is 9.75. The first kappa shape index (κ1) is 17.1. The maximum atomic E-state index is 10.9. The maximum Gasteiger partial charge on any atom is 0.127 e. The third-order valence-electron chi connectivity index (χ3n) is 4.23. The van der Waals surface area contributed by atoms with Gasteiger partial charge in [0, 0.05) is 12.0 Å². The molecule has 2 heteroatoms. The highest BCUT2D eigenvalue weighted by molar-refractivity contribution is 5.70. The minimum absolute atomic E-state index is 0.157. The lowest BCUT2D eigenvalue weighted by Crippen LogP contribution is -2.47. The van der Waals surface area contributed by atoms with Gasteiger partial charge in [-0.05, 0) is 17.0 Å². The summed E-state index contributed by atoms with van der Waals surface area (Å²) in [5.74, 6) is 3.32. The molecule has 0 heterocycles. The second-order valence-electron chi connectivity index (χ2n) is 6.81. The molecule has 1 unspecified atom stereocenters. The van der Waals surface area contributed by atoms with Gasteiger partial charge in [-0.1, -0.05) is 69.3 Å². The van der Waals surface area contributed by atoms with Crippen molar-refractivity contribution in [3.05, 3.63) is 54.6 Å². The van der Waals surface area contributed by atoms with Crippen LogP contribution in [0.25, 0.3) is 11.1 Å². The molecular weight excluding hydrogens is 284 g/mol. The third-order valence-corrected chi connectivity index (χ3v) is 4.23. The maximum absolute atomic E-state index is 10.9. The van der Waals surface area contributed by atoms with E-state index in [-0.39, 0.29) is 18.4 Å². The molecule has 1 N–H and O–H groups in total. The quantitative estimate of drug-likeness (QED) is 0.822. The van der Waals surface area contributed by atoms with Crippen molar-refractivity contribution in [2.75, 3.05) is 6.61 Å². The predicted octanol–water partition coefficient (Wildman–Crippen LogP) is 4.53. The molecule has 0 saturated carbocycles. The van der Waals surface area contributed by atoms with Gasteiger partial charge in [0.2, 0.25) is 0 Å². The highest BCUT2D eigenvalue weighted by Crippen LogP contribution is 2.35. The molecule has 0 aliphatic rings. The minimum Gasteiger partial charge on any atom is -0.490 e. The van der Waals surface area contributed by atoms with Gasteiger partial charge in [0.15, 0.2) is 0 Å². The molecule has 23 heavy (non-hydrogen) atoms. The van der Waals surface area contributed by atoms with Gasteiger partial charge in [-0.2, -0.15) is 0 Å². The number of terminal acetylenes is 1. The molecule has 0 amide bonds. The summed E-state index contributed by atoms with van der Waals surface area (Å²) in [5.41, 5.74) is 0.636. The molecule has 2 aromatic rings. The smallest absolute Gasteiger partial charge is 0.127 e. The lowest BCUT2D eigenvalue weighted by Gasteiger charge is -2.38. The van der Waals surface area contributed by atoms with Gasteiger partial charge < -0.3 is 9.84 Å². The van der Waals surface area contributed by atoms with Crippen molar-refractivity contribution in [1.29, 1.82) is 0 Å². The molecule has 0 bridgehead atoms. The fraction of sp³-hybridized carbons (Fsp3) is 0.333. The van der Waals surface area contributed by atoms with Gasteiger partial charge in [0.25, 0.3) is 0 Å². The van der Waals surface area contributed by atoms with E-state index in [9.17, 15) is 5.11 Å². The van der Waals surface area contributed by atoms with Crippen LogP contribution in [0, 0.1) is 17.8 Å². The van der Waals surface area contributed by atoms with E-state index in [2.05, 4.69) is 5.92 Å². The summed E-state index contributed by atoms with van der Waals surface area (Å²) in [4.78, 5) is 0. The fourth-order valence-electron chi connectivity index (χ4n) is 2.35. The highest BCUT2D eigenvalue weighted by atomic mass is 16.5. The Hall–Kier alpha value is -2.24. The average Bonchev–Trinajstić information content (AvgIpc) is 2.53. The Morgan fingerprint density at radius 2 is 1.61 bits per heavy atom. The molecular formula is C21H24O2. The standard InChI is InChI=1S/C21H24O2/c1-5-15-21(22,20(2,3)4)16-23-19-14-10-9-13-18(19)17-11-7-6-8-12-17/h1,6-14,22H,15-16H2,2-4H3. The van der Waals surface area contributed by atoms with Crippen LogP contribution in [-0.4, -0.2) is 17.3 Å². The van der Waals surface area contributed by atoms with Crippen molar-refractivity contribution in [2.24, 2.45) is 5.41 Å². The van der Waals surface area contributed by atoms with Crippen molar-refractivity contribution in [1.82, 2.24) is 0 Å². The van der Waals surface area contributed by atoms with Crippen LogP contribution >= 0.6 is 0 Å². The number of ether oxygens (including phenoxy) is 1. The van der Waals surface area contributed by atoms with E-state index in [1.807, 2.05) is 75.4 Å². The van der Waals surface area contributed by atoms with Crippen LogP contribution in [0.2, 0.25) is 0 Å². The van der Waals surface area contributed by atoms with E-state index in [0.717, 1.165) is 16.9 Å². The summed E-state index contributed by atoms with van der Waals surface area (Å²) in [5, 5.41) is 10.9. The van der Waals surface area contributed by atoms with Crippen LogP contribution in [0.1, 0.15) is 27.2 Å². The van der Waals surface area contributed by atoms with Crippen molar-refractivity contribution in [3.8, 4) is 29.2 Å². The summed E-state index contributed by atoms with van der Waals surface area (Å²) >= 11 is 0. The molecule has 0 saturated heterocycles. The number of hydrogen-bond acceptors (Lipinski definition) is 2. The first-order valence-electron chi connectivity index (χ1n) is 7.80. The largest absolute Gasteiger partial charge is 0.490 e. The van der Waals surface area contributed by atoms with Gasteiger partial charge in [-0.25, -0.2) is 0 Å². The van der Waals surface area contributed by atoms with E-state index in [4.69, 9.17) is 11.2 Å². The van der Waals surface area contributed by atoms with Gasteiger partial charge in [-0.3, -0.25) is 0 Å². The van der Waals surface area contributed by atoms with Gasteiger partial charge in [0.1, 0.15) is 18.0 Å². The third kappa shape index (κ3) is 3.94. The summed E-state index contributed by atoms with van der Waals surface area (Å²) < 4.78 is 5.99. The van der Waals surface area contributed by atoms with Crippen LogP contribution < -0.4 is 4.74 Å². The zero-order chi connectivity index (χ0) is 16.9. The molecule has 120 valence electrons. The second kappa shape index (κ2) is 6.89. The van der Waals surface area contributed by atoms with E-state index < -0.39 is 5.60 Å². The van der Waals surface area contributed by atoms with Crippen molar-refractivity contribution in [3.63, 3.8) is 0 Å². The van der Waals surface area contributed by atoms with E-state index in [1.54, 1.807) is 0 Å². The summed E-state index contributed by atoms with van der Waals surface area (Å²) in [6.07, 6.45) is 5.69. The molecule has 0 aromatic heterocycles. The van der Waals surface area contributed by atoms with Crippen LogP contribution in [0.4, 0.5) is 0 Å². The van der Waals surface area contributed by atoms with Gasteiger partial charge in [0.05, 0.1) is 0 Å². The monoisotopic (exact) mass is 308 g/mol. The molecule has 0 fully saturated rings. The Bertz CT molecular complexity index is 677. The molecule has 0 aliphatic carbocycles. The number of benzene rings is 2. The van der Waals surface area contributed by atoms with E-state index in [0.29, 0.717) is 0 Å². The summed E-state index contributed by atoms with van der Waals surface area (Å²) in [6.45, 7) is 6.06. The molecule has 0 spiro atoms. The number of para-hydroxylation sites is 1. The number of aliphatic hydroxyl groups is 1. The predicted molar refractivity (Wildman–Crippen MR) is 95.2 cm³/mol. The van der Waals surface area contributed by atoms with Crippen molar-refractivity contribution in [2.45, 2.75) is 32.8 Å². The Balaban J connectivity index is 2.26. The molecule has 1 atom stereocenters. The Labute approximate surface area is 139 Å². The van der Waals surface area contributed by atoms with E-state index in [1.165, 1.54) is 0 Å². The Kier molecular flexibility index (Phi) is 5.13. The number of rotatable bonds is 5. The van der Waals surface area contributed by atoms with Crippen molar-refractivity contribution < 1.29 is 9.84 Å². The zero-order valence-corrected chi connectivity index (χ0v) is 14.0. The number of hydrogen-bond donors (Lipinski definition) is 1. The average molecular weight is 308 g/mol. The van der Waals surface area contributed by atoms with Gasteiger partial charge in [-0.15, -0.1) is 12.3 Å². The minimum atomic E-state index is -1.08. The lowest BCUT2D eigenvalue weighted by molar-refractivity contribution is -0.0834. The Morgan fingerprint density at radius 1 is 1.00 bits per heavy atom. The fourth-order valence-corrected chi connectivity index (χ4v) is 2.35. The topological polar surface area (TPSA) is 29.5 Å². The summed E-state index contributed by atoms with van der Waals surface area (Å²) in [6, 6.07) is 17.9. The summed E-state index contributed by atoms with van der Waals surface area (Å²) in [7, 11) is 0. The molecule has 2 nitrogen and oxygen atoms in total. The first-order valence-corrected chi connectivity index (χ1v) is 7.80. The SMILES string of the molecule is C#CCC(O)(COc1ccccc1-c1ccccc1)C(C)(C)C. The van der Waals surface area contributed by atoms with Crippen LogP contribution in [-0.2, 0) is 0 Å². The van der Waals surface area contributed by atoms with Crippen LogP contribution in [0.15, 0.2) is 54.6 Å². The van der Waals surface area contributed by atoms with Gasteiger partial charge >= 0.3 is 0 Å². The first-order chi connectivity index (χ1) is 10.9. The molecule has 0 aliphatic heterocycles. The molecule has 2 aromatic carbocycles. The normalized spacial score (nSPS) is 13.9. The zero-order valence-electron chi connectivity index (χ0n) is 14.0. The highest BCUT2D eigenvalue weighted by Gasteiger charge is 2.40. The van der Waals surface area contributed by atoms with Crippen LogP contribution in [0.5, 0.6) is 5.75 Å². The van der Waals surface area contributed by atoms with E-state index >= 15 is 0 Å².